The molecule has 0 radical (unpaired) electrons. The smallest absolute Gasteiger partial charge is 0.0949 e. The minimum Gasteiger partial charge on any atom is -0.333 e. The molecule has 0 atom stereocenters. The Labute approximate surface area is 128 Å². The van der Waals surface area contributed by atoms with Gasteiger partial charge in [0.15, 0.2) is 0 Å². The Kier molecular flexibility index (Phi) is 2.30. The van der Waals surface area contributed by atoms with Gasteiger partial charge in [-0.25, -0.2) is 4.98 Å². The van der Waals surface area contributed by atoms with Crippen molar-refractivity contribution in [1.82, 2.24) is 9.55 Å². The molecule has 0 amide bonds. The summed E-state index contributed by atoms with van der Waals surface area (Å²) < 4.78 is 2.12. The van der Waals surface area contributed by atoms with E-state index in [-0.39, 0.29) is 0 Å². The first-order valence-corrected chi connectivity index (χ1v) is 7.51. The molecule has 0 unspecified atom stereocenters. The minimum atomic E-state index is 0.855. The van der Waals surface area contributed by atoms with Crippen molar-refractivity contribution in [2.45, 2.75) is 6.54 Å². The molecule has 0 bridgehead atoms. The molecule has 5 rings (SSSR count). The van der Waals surface area contributed by atoms with Crippen LogP contribution >= 0.6 is 0 Å². The molecule has 0 aliphatic rings. The monoisotopic (exact) mass is 282 g/mol. The number of imidazole rings is 1. The maximum Gasteiger partial charge on any atom is 0.0949 e. The number of rotatable bonds is 2. The Hall–Kier alpha value is -2.87. The van der Waals surface area contributed by atoms with Crippen molar-refractivity contribution in [3.63, 3.8) is 0 Å². The highest BCUT2D eigenvalue weighted by atomic mass is 15.0. The molecule has 0 spiro atoms. The van der Waals surface area contributed by atoms with Gasteiger partial charge in [-0.1, -0.05) is 54.6 Å². The van der Waals surface area contributed by atoms with Crippen molar-refractivity contribution in [1.29, 1.82) is 0 Å². The van der Waals surface area contributed by atoms with Crippen LogP contribution in [0.25, 0.3) is 32.3 Å². The summed E-state index contributed by atoms with van der Waals surface area (Å²) in [6, 6.07) is 20.0. The second-order valence-corrected chi connectivity index (χ2v) is 5.82. The normalized spacial score (nSPS) is 11.8. The number of benzene rings is 4. The maximum absolute atomic E-state index is 4.14. The first-order valence-electron chi connectivity index (χ1n) is 7.51. The summed E-state index contributed by atoms with van der Waals surface area (Å²) in [4.78, 5) is 4.14. The molecule has 104 valence electrons. The Morgan fingerprint density at radius 1 is 0.773 bits per heavy atom. The Balaban J connectivity index is 1.89. The molecule has 22 heavy (non-hydrogen) atoms. The fourth-order valence-electron chi connectivity index (χ4n) is 3.51. The van der Waals surface area contributed by atoms with E-state index in [0.717, 1.165) is 6.54 Å². The van der Waals surface area contributed by atoms with E-state index < -0.39 is 0 Å². The number of hydrogen-bond donors (Lipinski definition) is 0. The van der Waals surface area contributed by atoms with Gasteiger partial charge in [-0.3, -0.25) is 0 Å². The highest BCUT2D eigenvalue weighted by molar-refractivity contribution is 6.23. The lowest BCUT2D eigenvalue weighted by Crippen LogP contribution is -1.98. The molecule has 0 N–H and O–H groups in total. The van der Waals surface area contributed by atoms with Crippen LogP contribution in [-0.2, 0) is 6.54 Å². The van der Waals surface area contributed by atoms with Gasteiger partial charge < -0.3 is 4.57 Å². The number of nitrogens with zero attached hydrogens (tertiary/aromatic N) is 2. The zero-order valence-corrected chi connectivity index (χ0v) is 12.0. The molecule has 1 aromatic heterocycles. The van der Waals surface area contributed by atoms with E-state index in [2.05, 4.69) is 64.1 Å². The summed E-state index contributed by atoms with van der Waals surface area (Å²) in [5.41, 5.74) is 1.34. The third-order valence-electron chi connectivity index (χ3n) is 4.53. The first kappa shape index (κ1) is 11.8. The average Bonchev–Trinajstić information content (AvgIpc) is 3.07. The molecule has 0 saturated heterocycles. The molecular formula is C20H14N2. The van der Waals surface area contributed by atoms with Gasteiger partial charge in [0.25, 0.3) is 0 Å². The lowest BCUT2D eigenvalue weighted by molar-refractivity contribution is 0.803. The Morgan fingerprint density at radius 3 is 2.27 bits per heavy atom. The predicted molar refractivity (Wildman–Crippen MR) is 91.5 cm³/mol. The highest BCUT2D eigenvalue weighted by Gasteiger charge is 2.10. The third kappa shape index (κ3) is 1.58. The quantitative estimate of drug-likeness (QED) is 0.424. The van der Waals surface area contributed by atoms with Crippen molar-refractivity contribution in [3.8, 4) is 0 Å². The van der Waals surface area contributed by atoms with Gasteiger partial charge >= 0.3 is 0 Å². The van der Waals surface area contributed by atoms with Gasteiger partial charge in [-0.2, -0.15) is 0 Å². The molecule has 4 aromatic carbocycles. The summed E-state index contributed by atoms with van der Waals surface area (Å²) in [6.07, 6.45) is 5.71. The van der Waals surface area contributed by atoms with E-state index >= 15 is 0 Å². The highest BCUT2D eigenvalue weighted by Crippen LogP contribution is 2.35. The van der Waals surface area contributed by atoms with Crippen LogP contribution in [0.4, 0.5) is 0 Å². The van der Waals surface area contributed by atoms with Crippen molar-refractivity contribution < 1.29 is 0 Å². The molecular weight excluding hydrogens is 268 g/mol. The minimum absolute atomic E-state index is 0.855. The third-order valence-corrected chi connectivity index (χ3v) is 4.53. The summed E-state index contributed by atoms with van der Waals surface area (Å²) in [6.45, 7) is 0.855. The van der Waals surface area contributed by atoms with E-state index in [0.29, 0.717) is 0 Å². The molecule has 0 aliphatic carbocycles. The van der Waals surface area contributed by atoms with Crippen molar-refractivity contribution in [2.75, 3.05) is 0 Å². The largest absolute Gasteiger partial charge is 0.333 e. The SMILES string of the molecule is c1cc2ccc3ccc(Cn4ccnc4)c4ccc(c1)c2c34. The van der Waals surface area contributed by atoms with Crippen LogP contribution < -0.4 is 0 Å². The molecule has 0 saturated carbocycles. The second-order valence-electron chi connectivity index (χ2n) is 5.82. The molecule has 2 heteroatoms. The fraction of sp³-hybridized carbons (Fsp3) is 0.0500. The number of hydrogen-bond acceptors (Lipinski definition) is 1. The Bertz CT molecular complexity index is 1080. The van der Waals surface area contributed by atoms with Gasteiger partial charge in [-0.05, 0) is 37.9 Å². The van der Waals surface area contributed by atoms with Crippen LogP contribution in [0, 0.1) is 0 Å². The van der Waals surface area contributed by atoms with Crippen LogP contribution in [0.15, 0.2) is 73.3 Å². The predicted octanol–water partition coefficient (Wildman–Crippen LogP) is 4.83. The summed E-state index contributed by atoms with van der Waals surface area (Å²) in [5, 5.41) is 8.05. The van der Waals surface area contributed by atoms with Crippen molar-refractivity contribution in [2.24, 2.45) is 0 Å². The molecule has 2 nitrogen and oxygen atoms in total. The summed E-state index contributed by atoms with van der Waals surface area (Å²) in [7, 11) is 0. The second kappa shape index (κ2) is 4.31. The average molecular weight is 282 g/mol. The van der Waals surface area contributed by atoms with Gasteiger partial charge in [0.2, 0.25) is 0 Å². The van der Waals surface area contributed by atoms with Crippen molar-refractivity contribution >= 4 is 32.3 Å². The van der Waals surface area contributed by atoms with E-state index in [1.54, 1.807) is 0 Å². The van der Waals surface area contributed by atoms with Gasteiger partial charge in [0, 0.05) is 18.9 Å². The van der Waals surface area contributed by atoms with Gasteiger partial charge in [0.05, 0.1) is 6.33 Å². The van der Waals surface area contributed by atoms with Crippen LogP contribution in [0.2, 0.25) is 0 Å². The first-order chi connectivity index (χ1) is 10.9. The summed E-state index contributed by atoms with van der Waals surface area (Å²) >= 11 is 0. The van der Waals surface area contributed by atoms with Gasteiger partial charge in [-0.15, -0.1) is 0 Å². The zero-order valence-electron chi connectivity index (χ0n) is 12.0. The van der Waals surface area contributed by atoms with E-state index in [4.69, 9.17) is 0 Å². The number of aromatic nitrogens is 2. The lowest BCUT2D eigenvalue weighted by Gasteiger charge is -2.14. The van der Waals surface area contributed by atoms with Crippen LogP contribution in [0.1, 0.15) is 5.56 Å². The van der Waals surface area contributed by atoms with Crippen molar-refractivity contribution in [3.05, 3.63) is 78.9 Å². The van der Waals surface area contributed by atoms with E-state index in [1.807, 2.05) is 18.7 Å². The van der Waals surface area contributed by atoms with Crippen LogP contribution in [-0.4, -0.2) is 9.55 Å². The lowest BCUT2D eigenvalue weighted by atomic mass is 9.92. The van der Waals surface area contributed by atoms with Gasteiger partial charge in [0.1, 0.15) is 0 Å². The standard InChI is InChI=1S/C20H14N2/c1-2-14-4-5-16-6-7-17(12-22-11-10-21-13-22)18-9-8-15(3-1)19(14)20(16)18/h1-11,13H,12H2. The topological polar surface area (TPSA) is 17.8 Å². The fourth-order valence-corrected chi connectivity index (χ4v) is 3.51. The molecule has 1 heterocycles. The Morgan fingerprint density at radius 2 is 1.50 bits per heavy atom. The van der Waals surface area contributed by atoms with E-state index in [1.165, 1.54) is 37.9 Å². The molecule has 5 aromatic rings. The van der Waals surface area contributed by atoms with Crippen LogP contribution in [0.3, 0.4) is 0 Å². The molecule has 0 fully saturated rings. The molecule has 0 aliphatic heterocycles. The maximum atomic E-state index is 4.14. The van der Waals surface area contributed by atoms with Crippen LogP contribution in [0.5, 0.6) is 0 Å². The zero-order chi connectivity index (χ0) is 14.5. The summed E-state index contributed by atoms with van der Waals surface area (Å²) in [5.74, 6) is 0. The van der Waals surface area contributed by atoms with E-state index in [9.17, 15) is 0 Å².